The van der Waals surface area contributed by atoms with Gasteiger partial charge in [-0.3, -0.25) is 4.72 Å². The van der Waals surface area contributed by atoms with Crippen LogP contribution in [-0.2, 0) is 29.9 Å². The largest absolute Gasteiger partial charge is 0.381 e. The zero-order chi connectivity index (χ0) is 15.6. The maximum atomic E-state index is 12.6. The van der Waals surface area contributed by atoms with E-state index in [0.29, 0.717) is 5.69 Å². The van der Waals surface area contributed by atoms with Gasteiger partial charge in [0.15, 0.2) is 10.8 Å². The van der Waals surface area contributed by atoms with Gasteiger partial charge in [0.25, 0.3) is 10.0 Å². The normalized spacial score (nSPS) is 11.6. The predicted molar refractivity (Wildman–Crippen MR) is 83.6 cm³/mol. The van der Waals surface area contributed by atoms with Crippen molar-refractivity contribution in [2.24, 2.45) is 7.05 Å². The third-order valence-electron chi connectivity index (χ3n) is 3.40. The predicted octanol–water partition coefficient (Wildman–Crippen LogP) is 1.93. The summed E-state index contributed by atoms with van der Waals surface area (Å²) in [6.07, 6.45) is 2.87. The van der Waals surface area contributed by atoms with E-state index < -0.39 is 10.0 Å². The monoisotopic (exact) mass is 308 g/mol. The van der Waals surface area contributed by atoms with Gasteiger partial charge in [-0.15, -0.1) is 0 Å². The van der Waals surface area contributed by atoms with Gasteiger partial charge in [0.1, 0.15) is 0 Å². The van der Waals surface area contributed by atoms with Gasteiger partial charge in [-0.1, -0.05) is 32.0 Å². The first-order valence-electron chi connectivity index (χ1n) is 6.81. The van der Waals surface area contributed by atoms with Crippen LogP contribution in [0, 0.1) is 0 Å². The van der Waals surface area contributed by atoms with Gasteiger partial charge >= 0.3 is 0 Å². The molecule has 2 aromatic rings. The maximum absolute atomic E-state index is 12.6. The topological polar surface area (TPSA) is 90.0 Å². The van der Waals surface area contributed by atoms with Gasteiger partial charge in [-0.2, -0.15) is 8.42 Å². The van der Waals surface area contributed by atoms with Crippen LogP contribution in [-0.4, -0.2) is 18.0 Å². The highest BCUT2D eigenvalue weighted by Gasteiger charge is 2.24. The van der Waals surface area contributed by atoms with Crippen molar-refractivity contribution in [3.8, 4) is 0 Å². The molecule has 0 spiro atoms. The van der Waals surface area contributed by atoms with E-state index in [4.69, 9.17) is 5.73 Å². The zero-order valence-electron chi connectivity index (χ0n) is 12.4. The van der Waals surface area contributed by atoms with Crippen molar-refractivity contribution in [2.45, 2.75) is 31.7 Å². The Bertz CT molecular complexity index is 709. The number of rotatable bonds is 5. The highest BCUT2D eigenvalue weighted by Crippen LogP contribution is 2.27. The number of sulfonamides is 1. The first-order chi connectivity index (χ1) is 9.90. The Morgan fingerprint density at radius 3 is 2.24 bits per heavy atom. The number of imidazole rings is 1. The second-order valence-corrected chi connectivity index (χ2v) is 6.41. The van der Waals surface area contributed by atoms with Crippen LogP contribution in [0.15, 0.2) is 29.6 Å². The van der Waals surface area contributed by atoms with E-state index in [1.54, 1.807) is 7.05 Å². The summed E-state index contributed by atoms with van der Waals surface area (Å²) >= 11 is 0. The van der Waals surface area contributed by atoms with Crippen molar-refractivity contribution in [2.75, 3.05) is 10.5 Å². The Hall–Kier alpha value is -2.02. The molecule has 0 atom stereocenters. The fraction of sp³-hybridized carbons (Fsp3) is 0.357. The van der Waals surface area contributed by atoms with E-state index in [1.807, 2.05) is 32.0 Å². The number of nitrogens with zero attached hydrogens (tertiary/aromatic N) is 2. The van der Waals surface area contributed by atoms with Crippen LogP contribution >= 0.6 is 0 Å². The molecule has 2 rings (SSSR count). The van der Waals surface area contributed by atoms with E-state index in [1.165, 1.54) is 10.9 Å². The minimum atomic E-state index is -3.77. The molecule has 0 saturated heterocycles. The van der Waals surface area contributed by atoms with Crippen LogP contribution in [0.3, 0.4) is 0 Å². The zero-order valence-corrected chi connectivity index (χ0v) is 13.2. The smallest absolute Gasteiger partial charge is 0.281 e. The summed E-state index contributed by atoms with van der Waals surface area (Å²) in [5.74, 6) is -0.00275. The van der Waals surface area contributed by atoms with Crippen molar-refractivity contribution < 1.29 is 8.42 Å². The third-order valence-corrected chi connectivity index (χ3v) is 4.88. The average molecular weight is 308 g/mol. The van der Waals surface area contributed by atoms with Gasteiger partial charge in [-0.25, -0.2) is 4.98 Å². The lowest BCUT2D eigenvalue weighted by atomic mass is 10.0. The summed E-state index contributed by atoms with van der Waals surface area (Å²) in [4.78, 5) is 3.83. The maximum Gasteiger partial charge on any atom is 0.281 e. The van der Waals surface area contributed by atoms with E-state index in [9.17, 15) is 8.42 Å². The lowest BCUT2D eigenvalue weighted by Crippen LogP contribution is -2.19. The number of hydrogen-bond donors (Lipinski definition) is 2. The quantitative estimate of drug-likeness (QED) is 0.883. The van der Waals surface area contributed by atoms with Crippen LogP contribution in [0.2, 0.25) is 0 Å². The van der Waals surface area contributed by atoms with Crippen LogP contribution in [0.5, 0.6) is 0 Å². The van der Waals surface area contributed by atoms with Crippen molar-refractivity contribution in [3.05, 3.63) is 35.7 Å². The average Bonchev–Trinajstić information content (AvgIpc) is 2.78. The number of aryl methyl sites for hydroxylation is 3. The molecule has 7 heteroatoms. The van der Waals surface area contributed by atoms with E-state index in [2.05, 4.69) is 9.71 Å². The molecule has 114 valence electrons. The number of nitrogens with two attached hydrogens (primary N) is 1. The molecule has 1 aromatic carbocycles. The number of para-hydroxylation sites is 1. The molecule has 0 fully saturated rings. The minimum Gasteiger partial charge on any atom is -0.381 e. The molecule has 0 unspecified atom stereocenters. The van der Waals surface area contributed by atoms with Crippen LogP contribution < -0.4 is 10.5 Å². The molecular weight excluding hydrogens is 288 g/mol. The van der Waals surface area contributed by atoms with Crippen LogP contribution in [0.25, 0.3) is 0 Å². The molecule has 0 bridgehead atoms. The Morgan fingerprint density at radius 2 is 1.81 bits per heavy atom. The lowest BCUT2D eigenvalue weighted by Gasteiger charge is -2.16. The van der Waals surface area contributed by atoms with Crippen molar-refractivity contribution in [1.29, 1.82) is 0 Å². The summed E-state index contributed by atoms with van der Waals surface area (Å²) in [5, 5.41) is -0.0181. The van der Waals surface area contributed by atoms with E-state index in [0.717, 1.165) is 24.0 Å². The molecule has 3 N–H and O–H groups in total. The SMILES string of the molecule is CCc1cccc(CC)c1NS(=O)(=O)c1c(N)ncn1C. The summed E-state index contributed by atoms with van der Waals surface area (Å²) in [5.41, 5.74) is 8.23. The molecule has 1 aromatic heterocycles. The number of aromatic nitrogens is 2. The summed E-state index contributed by atoms with van der Waals surface area (Å²) < 4.78 is 29.3. The van der Waals surface area contributed by atoms with E-state index in [-0.39, 0.29) is 10.8 Å². The lowest BCUT2D eigenvalue weighted by molar-refractivity contribution is 0.591. The van der Waals surface area contributed by atoms with Gasteiger partial charge in [-0.05, 0) is 24.0 Å². The first kappa shape index (κ1) is 15.4. The highest BCUT2D eigenvalue weighted by molar-refractivity contribution is 7.92. The molecule has 1 heterocycles. The Morgan fingerprint density at radius 1 is 1.24 bits per heavy atom. The first-order valence-corrected chi connectivity index (χ1v) is 8.29. The minimum absolute atomic E-state index is 0.00275. The molecular formula is C14H20N4O2S. The Balaban J connectivity index is 2.51. The Labute approximate surface area is 125 Å². The van der Waals surface area contributed by atoms with Gasteiger partial charge in [0.2, 0.25) is 0 Å². The molecule has 0 aliphatic heterocycles. The fourth-order valence-corrected chi connectivity index (χ4v) is 3.70. The second kappa shape index (κ2) is 5.77. The molecule has 0 amide bonds. The molecule has 0 radical (unpaired) electrons. The van der Waals surface area contributed by atoms with Crippen molar-refractivity contribution in [3.63, 3.8) is 0 Å². The summed E-state index contributed by atoms with van der Waals surface area (Å²) in [7, 11) is -2.17. The molecule has 0 aliphatic carbocycles. The standard InChI is InChI=1S/C14H20N4O2S/c1-4-10-7-6-8-11(5-2)12(10)17-21(19,20)14-13(15)16-9-18(14)3/h6-9,17H,4-5,15H2,1-3H3. The number of nitrogen functional groups attached to an aromatic ring is 1. The van der Waals surface area contributed by atoms with Gasteiger partial charge in [0, 0.05) is 7.05 Å². The number of anilines is 2. The summed E-state index contributed by atoms with van der Waals surface area (Å²) in [6.45, 7) is 3.98. The van der Waals surface area contributed by atoms with Crippen molar-refractivity contribution in [1.82, 2.24) is 9.55 Å². The number of benzene rings is 1. The van der Waals surface area contributed by atoms with E-state index >= 15 is 0 Å². The summed E-state index contributed by atoms with van der Waals surface area (Å²) in [6, 6.07) is 5.78. The molecule has 21 heavy (non-hydrogen) atoms. The van der Waals surface area contributed by atoms with Gasteiger partial charge in [0.05, 0.1) is 12.0 Å². The van der Waals surface area contributed by atoms with Crippen LogP contribution in [0.1, 0.15) is 25.0 Å². The highest BCUT2D eigenvalue weighted by atomic mass is 32.2. The fourth-order valence-electron chi connectivity index (χ4n) is 2.32. The Kier molecular flexibility index (Phi) is 4.22. The van der Waals surface area contributed by atoms with Crippen LogP contribution in [0.4, 0.5) is 11.5 Å². The number of hydrogen-bond acceptors (Lipinski definition) is 4. The second-order valence-electron chi connectivity index (χ2n) is 4.81. The van der Waals surface area contributed by atoms with Gasteiger partial charge < -0.3 is 10.3 Å². The molecule has 0 aliphatic rings. The van der Waals surface area contributed by atoms with Crippen molar-refractivity contribution >= 4 is 21.5 Å². The third kappa shape index (κ3) is 2.87. The molecule has 6 nitrogen and oxygen atoms in total. The number of nitrogens with one attached hydrogen (secondary N) is 1. The molecule has 0 saturated carbocycles.